The number of rotatable bonds is 2. The van der Waals surface area contributed by atoms with Crippen LogP contribution in [0, 0.1) is 12.7 Å². The fraction of sp³-hybridized carbons (Fsp3) is 0.300. The van der Waals surface area contributed by atoms with Crippen molar-refractivity contribution in [2.24, 2.45) is 5.73 Å². The standard InChI is InChI=1S/C10H12FNO2/c1-5-3-8(11)7(4-9(5)13)10(14)6(2)12/h3-4,6,13H,12H2,1-2H3. The highest BCUT2D eigenvalue weighted by Crippen LogP contribution is 2.21. The first-order chi connectivity index (χ1) is 6.43. The molecule has 0 radical (unpaired) electrons. The van der Waals surface area contributed by atoms with Gasteiger partial charge in [-0.1, -0.05) is 0 Å². The Labute approximate surface area is 81.4 Å². The van der Waals surface area contributed by atoms with Crippen LogP contribution in [0.15, 0.2) is 12.1 Å². The van der Waals surface area contributed by atoms with Crippen molar-refractivity contribution in [2.75, 3.05) is 0 Å². The third kappa shape index (κ3) is 1.90. The third-order valence-corrected chi connectivity index (χ3v) is 1.96. The smallest absolute Gasteiger partial charge is 0.182 e. The summed E-state index contributed by atoms with van der Waals surface area (Å²) in [7, 11) is 0. The van der Waals surface area contributed by atoms with Gasteiger partial charge in [-0.05, 0) is 31.5 Å². The molecule has 3 nitrogen and oxygen atoms in total. The van der Waals surface area contributed by atoms with Crippen LogP contribution in [-0.4, -0.2) is 16.9 Å². The van der Waals surface area contributed by atoms with Crippen LogP contribution in [0.1, 0.15) is 22.8 Å². The van der Waals surface area contributed by atoms with Crippen LogP contribution in [0.4, 0.5) is 4.39 Å². The fourth-order valence-electron chi connectivity index (χ4n) is 1.10. The zero-order chi connectivity index (χ0) is 10.9. The Bertz CT molecular complexity index is 375. The minimum absolute atomic E-state index is 0.101. The molecule has 4 heteroatoms. The van der Waals surface area contributed by atoms with Crippen molar-refractivity contribution in [2.45, 2.75) is 19.9 Å². The molecule has 3 N–H and O–H groups in total. The fourth-order valence-corrected chi connectivity index (χ4v) is 1.10. The van der Waals surface area contributed by atoms with Gasteiger partial charge in [0, 0.05) is 0 Å². The number of carbonyl (C=O) groups is 1. The maximum atomic E-state index is 13.3. The van der Waals surface area contributed by atoms with E-state index in [2.05, 4.69) is 0 Å². The molecule has 0 aliphatic carbocycles. The number of phenolic OH excluding ortho intramolecular Hbond substituents is 1. The first kappa shape index (κ1) is 10.7. The molecule has 1 rings (SSSR count). The molecule has 1 aromatic rings. The maximum Gasteiger partial charge on any atom is 0.182 e. The van der Waals surface area contributed by atoms with Crippen molar-refractivity contribution >= 4 is 5.78 Å². The van der Waals surface area contributed by atoms with Crippen LogP contribution in [0.5, 0.6) is 5.75 Å². The predicted octanol–water partition coefficient (Wildman–Crippen LogP) is 1.37. The minimum atomic E-state index is -0.772. The van der Waals surface area contributed by atoms with Gasteiger partial charge in [-0.25, -0.2) is 4.39 Å². The lowest BCUT2D eigenvalue weighted by atomic mass is 10.0. The molecule has 0 bridgehead atoms. The molecule has 0 aliphatic rings. The van der Waals surface area contributed by atoms with Crippen LogP contribution in [0.3, 0.4) is 0 Å². The second-order valence-corrected chi connectivity index (χ2v) is 3.27. The summed E-state index contributed by atoms with van der Waals surface area (Å²) in [4.78, 5) is 11.4. The number of halogens is 1. The number of Topliss-reactive ketones (excluding diaryl/α,β-unsaturated/α-hetero) is 1. The zero-order valence-electron chi connectivity index (χ0n) is 8.04. The average molecular weight is 197 g/mol. The first-order valence-corrected chi connectivity index (χ1v) is 4.22. The second-order valence-electron chi connectivity index (χ2n) is 3.27. The first-order valence-electron chi connectivity index (χ1n) is 4.22. The van der Waals surface area contributed by atoms with Gasteiger partial charge in [0.25, 0.3) is 0 Å². The van der Waals surface area contributed by atoms with Gasteiger partial charge >= 0.3 is 0 Å². The number of aromatic hydroxyl groups is 1. The lowest BCUT2D eigenvalue weighted by molar-refractivity contribution is 0.0963. The van der Waals surface area contributed by atoms with Crippen LogP contribution < -0.4 is 5.73 Å². The van der Waals surface area contributed by atoms with E-state index in [-0.39, 0.29) is 11.3 Å². The zero-order valence-corrected chi connectivity index (χ0v) is 8.04. The van der Waals surface area contributed by atoms with E-state index in [4.69, 9.17) is 5.73 Å². The van der Waals surface area contributed by atoms with Crippen molar-refractivity contribution in [3.63, 3.8) is 0 Å². The normalized spacial score (nSPS) is 12.6. The number of ketones is 1. The van der Waals surface area contributed by atoms with Gasteiger partial charge in [0.2, 0.25) is 0 Å². The van der Waals surface area contributed by atoms with Crippen LogP contribution >= 0.6 is 0 Å². The van der Waals surface area contributed by atoms with Crippen molar-refractivity contribution in [1.29, 1.82) is 0 Å². The SMILES string of the molecule is Cc1cc(F)c(C(=O)C(C)N)cc1O. The largest absolute Gasteiger partial charge is 0.508 e. The molecule has 0 saturated heterocycles. The number of hydrogen-bond donors (Lipinski definition) is 2. The summed E-state index contributed by atoms with van der Waals surface area (Å²) < 4.78 is 13.3. The number of aryl methyl sites for hydroxylation is 1. The Morgan fingerprint density at radius 2 is 2.14 bits per heavy atom. The molecule has 0 heterocycles. The summed E-state index contributed by atoms with van der Waals surface area (Å²) in [5.41, 5.74) is 5.56. The summed E-state index contributed by atoms with van der Waals surface area (Å²) in [6.45, 7) is 3.03. The molecular weight excluding hydrogens is 185 g/mol. The Morgan fingerprint density at radius 3 is 2.64 bits per heavy atom. The van der Waals surface area contributed by atoms with Gasteiger partial charge in [0.05, 0.1) is 11.6 Å². The lowest BCUT2D eigenvalue weighted by Gasteiger charge is -2.07. The number of hydrogen-bond acceptors (Lipinski definition) is 3. The topological polar surface area (TPSA) is 63.3 Å². The van der Waals surface area contributed by atoms with E-state index >= 15 is 0 Å². The van der Waals surface area contributed by atoms with Gasteiger partial charge in [0.1, 0.15) is 11.6 Å². The van der Waals surface area contributed by atoms with Crippen LogP contribution in [0.2, 0.25) is 0 Å². The van der Waals surface area contributed by atoms with Crippen molar-refractivity contribution < 1.29 is 14.3 Å². The minimum Gasteiger partial charge on any atom is -0.508 e. The quantitative estimate of drug-likeness (QED) is 0.704. The monoisotopic (exact) mass is 197 g/mol. The van der Waals surface area contributed by atoms with E-state index in [1.165, 1.54) is 6.92 Å². The molecule has 0 fully saturated rings. The van der Waals surface area contributed by atoms with Gasteiger partial charge in [-0.3, -0.25) is 4.79 Å². The maximum absolute atomic E-state index is 13.3. The van der Waals surface area contributed by atoms with E-state index in [0.717, 1.165) is 12.1 Å². The average Bonchev–Trinajstić information content (AvgIpc) is 2.10. The number of benzene rings is 1. The molecule has 0 saturated carbocycles. The highest BCUT2D eigenvalue weighted by molar-refractivity contribution is 6.00. The Balaban J connectivity index is 3.22. The Kier molecular flexibility index (Phi) is 2.86. The van der Waals surface area contributed by atoms with E-state index in [9.17, 15) is 14.3 Å². The van der Waals surface area contributed by atoms with Gasteiger partial charge in [0.15, 0.2) is 5.78 Å². The third-order valence-electron chi connectivity index (χ3n) is 1.96. The summed E-state index contributed by atoms with van der Waals surface area (Å²) >= 11 is 0. The van der Waals surface area contributed by atoms with E-state index in [1.54, 1.807) is 6.92 Å². The molecule has 1 aromatic carbocycles. The van der Waals surface area contributed by atoms with Crippen molar-refractivity contribution in [1.82, 2.24) is 0 Å². The molecule has 14 heavy (non-hydrogen) atoms. The van der Waals surface area contributed by atoms with Gasteiger partial charge < -0.3 is 10.8 Å². The summed E-state index contributed by atoms with van der Waals surface area (Å²) in [6.07, 6.45) is 0. The summed E-state index contributed by atoms with van der Waals surface area (Å²) in [6, 6.07) is 1.45. The van der Waals surface area contributed by atoms with Crippen LogP contribution in [0.25, 0.3) is 0 Å². The Hall–Kier alpha value is -1.42. The predicted molar refractivity (Wildman–Crippen MR) is 50.8 cm³/mol. The second kappa shape index (κ2) is 3.75. The number of phenols is 1. The molecule has 1 unspecified atom stereocenters. The van der Waals surface area contributed by atoms with Crippen molar-refractivity contribution in [3.05, 3.63) is 29.1 Å². The van der Waals surface area contributed by atoms with Crippen molar-refractivity contribution in [3.8, 4) is 5.75 Å². The Morgan fingerprint density at radius 1 is 1.57 bits per heavy atom. The van der Waals surface area contributed by atoms with Crippen LogP contribution in [-0.2, 0) is 0 Å². The molecule has 0 spiro atoms. The molecule has 1 atom stereocenters. The van der Waals surface area contributed by atoms with E-state index < -0.39 is 17.6 Å². The van der Waals surface area contributed by atoms with E-state index in [0.29, 0.717) is 5.56 Å². The summed E-state index contributed by atoms with van der Waals surface area (Å²) in [5, 5.41) is 9.30. The van der Waals surface area contributed by atoms with Gasteiger partial charge in [-0.2, -0.15) is 0 Å². The molecule has 0 aliphatic heterocycles. The molecule has 76 valence electrons. The molecule has 0 aromatic heterocycles. The lowest BCUT2D eigenvalue weighted by Crippen LogP contribution is -2.27. The van der Waals surface area contributed by atoms with Gasteiger partial charge in [-0.15, -0.1) is 0 Å². The highest BCUT2D eigenvalue weighted by Gasteiger charge is 2.17. The highest BCUT2D eigenvalue weighted by atomic mass is 19.1. The molecular formula is C10H12FNO2. The summed E-state index contributed by atoms with van der Waals surface area (Å²) in [5.74, 6) is -1.27. The number of carbonyl (C=O) groups excluding carboxylic acids is 1. The molecule has 0 amide bonds. The van der Waals surface area contributed by atoms with E-state index in [1.807, 2.05) is 0 Å². The number of nitrogens with two attached hydrogens (primary N) is 1.